The molecule has 0 aliphatic carbocycles. The number of hydrogen-bond acceptors (Lipinski definition) is 6. The SMILES string of the molecule is O=C(NCCCn1cncn1)c1cnc(CSc2ccccc2)[nH]c1=O. The van der Waals surface area contributed by atoms with E-state index in [4.69, 9.17) is 0 Å². The van der Waals surface area contributed by atoms with Crippen molar-refractivity contribution >= 4 is 17.7 Å². The van der Waals surface area contributed by atoms with E-state index in [9.17, 15) is 9.59 Å². The molecule has 0 unspecified atom stereocenters. The monoisotopic (exact) mass is 370 g/mol. The molecule has 9 heteroatoms. The van der Waals surface area contributed by atoms with Gasteiger partial charge < -0.3 is 10.3 Å². The van der Waals surface area contributed by atoms with Crippen LogP contribution in [0, 0.1) is 0 Å². The second-order valence-electron chi connectivity index (χ2n) is 5.44. The fourth-order valence-corrected chi connectivity index (χ4v) is 3.02. The highest BCUT2D eigenvalue weighted by Gasteiger charge is 2.11. The molecule has 0 radical (unpaired) electrons. The van der Waals surface area contributed by atoms with Crippen LogP contribution in [0.2, 0.25) is 0 Å². The molecule has 8 nitrogen and oxygen atoms in total. The third-order valence-electron chi connectivity index (χ3n) is 3.53. The van der Waals surface area contributed by atoms with Crippen molar-refractivity contribution in [2.24, 2.45) is 0 Å². The zero-order chi connectivity index (χ0) is 18.2. The van der Waals surface area contributed by atoms with E-state index in [0.717, 1.165) is 4.90 Å². The molecule has 0 saturated heterocycles. The van der Waals surface area contributed by atoms with E-state index >= 15 is 0 Å². The van der Waals surface area contributed by atoms with E-state index in [-0.39, 0.29) is 5.56 Å². The first-order valence-corrected chi connectivity index (χ1v) is 9.07. The molecule has 0 saturated carbocycles. The van der Waals surface area contributed by atoms with Gasteiger partial charge in [-0.05, 0) is 18.6 Å². The molecule has 0 bridgehead atoms. The molecule has 2 aromatic heterocycles. The van der Waals surface area contributed by atoms with Gasteiger partial charge in [0.05, 0.1) is 5.75 Å². The van der Waals surface area contributed by atoms with Crippen LogP contribution in [0.25, 0.3) is 0 Å². The molecule has 0 aliphatic heterocycles. The van der Waals surface area contributed by atoms with Crippen molar-refractivity contribution in [3.05, 3.63) is 70.9 Å². The van der Waals surface area contributed by atoms with E-state index in [1.54, 1.807) is 22.8 Å². The zero-order valence-electron chi connectivity index (χ0n) is 14.0. The van der Waals surface area contributed by atoms with Gasteiger partial charge in [-0.25, -0.2) is 9.97 Å². The van der Waals surface area contributed by atoms with Gasteiger partial charge in [0.15, 0.2) is 0 Å². The number of aromatic amines is 1. The molecule has 1 aromatic carbocycles. The average Bonchev–Trinajstić information content (AvgIpc) is 3.18. The Hall–Kier alpha value is -2.94. The molecule has 1 amide bonds. The van der Waals surface area contributed by atoms with Crippen LogP contribution in [0.3, 0.4) is 0 Å². The van der Waals surface area contributed by atoms with Gasteiger partial charge in [0.1, 0.15) is 24.0 Å². The molecule has 0 fully saturated rings. The lowest BCUT2D eigenvalue weighted by atomic mass is 10.3. The molecule has 0 aliphatic rings. The van der Waals surface area contributed by atoms with E-state index in [0.29, 0.717) is 31.1 Å². The molecule has 26 heavy (non-hydrogen) atoms. The lowest BCUT2D eigenvalue weighted by molar-refractivity contribution is 0.0950. The summed E-state index contributed by atoms with van der Waals surface area (Å²) in [7, 11) is 0. The predicted molar refractivity (Wildman–Crippen MR) is 97.8 cm³/mol. The minimum Gasteiger partial charge on any atom is -0.352 e. The summed E-state index contributed by atoms with van der Waals surface area (Å²) in [6.07, 6.45) is 5.09. The van der Waals surface area contributed by atoms with Crippen molar-refractivity contribution in [2.75, 3.05) is 6.54 Å². The summed E-state index contributed by atoms with van der Waals surface area (Å²) in [6.45, 7) is 1.08. The lowest BCUT2D eigenvalue weighted by Gasteiger charge is -2.06. The number of carbonyl (C=O) groups excluding carboxylic acids is 1. The Morgan fingerprint density at radius 3 is 2.85 bits per heavy atom. The number of nitrogens with one attached hydrogen (secondary N) is 2. The number of aromatic nitrogens is 5. The van der Waals surface area contributed by atoms with E-state index in [2.05, 4.69) is 25.4 Å². The number of rotatable bonds is 8. The smallest absolute Gasteiger partial charge is 0.263 e. The summed E-state index contributed by atoms with van der Waals surface area (Å²) in [5.74, 6) is 0.630. The van der Waals surface area contributed by atoms with Gasteiger partial charge >= 0.3 is 0 Å². The Morgan fingerprint density at radius 1 is 1.27 bits per heavy atom. The maximum absolute atomic E-state index is 12.1. The van der Waals surface area contributed by atoms with E-state index in [1.165, 1.54) is 12.5 Å². The fraction of sp³-hybridized carbons (Fsp3) is 0.235. The molecular weight excluding hydrogens is 352 g/mol. The summed E-state index contributed by atoms with van der Waals surface area (Å²) in [4.78, 5) is 36.0. The van der Waals surface area contributed by atoms with E-state index < -0.39 is 11.5 Å². The van der Waals surface area contributed by atoms with Gasteiger partial charge in [0.2, 0.25) is 0 Å². The Morgan fingerprint density at radius 2 is 2.12 bits per heavy atom. The van der Waals surface area contributed by atoms with Crippen LogP contribution in [0.4, 0.5) is 0 Å². The number of amides is 1. The molecule has 0 spiro atoms. The first-order chi connectivity index (χ1) is 12.7. The Labute approximate surface area is 154 Å². The summed E-state index contributed by atoms with van der Waals surface area (Å²) in [5.41, 5.74) is -0.420. The van der Waals surface area contributed by atoms with Crippen LogP contribution in [-0.2, 0) is 12.3 Å². The molecule has 2 heterocycles. The quantitative estimate of drug-likeness (QED) is 0.459. The van der Waals surface area contributed by atoms with Crippen molar-refractivity contribution in [1.82, 2.24) is 30.0 Å². The van der Waals surface area contributed by atoms with Gasteiger partial charge in [-0.15, -0.1) is 11.8 Å². The summed E-state index contributed by atoms with van der Waals surface area (Å²) < 4.78 is 1.68. The molecule has 2 N–H and O–H groups in total. The normalized spacial score (nSPS) is 10.6. The number of nitrogens with zero attached hydrogens (tertiary/aromatic N) is 4. The minimum atomic E-state index is -0.433. The maximum atomic E-state index is 12.1. The van der Waals surface area contributed by atoms with Crippen molar-refractivity contribution in [1.29, 1.82) is 0 Å². The van der Waals surface area contributed by atoms with Crippen molar-refractivity contribution in [3.8, 4) is 0 Å². The number of thioether (sulfide) groups is 1. The zero-order valence-corrected chi connectivity index (χ0v) is 14.8. The van der Waals surface area contributed by atoms with Crippen LogP contribution >= 0.6 is 11.8 Å². The van der Waals surface area contributed by atoms with Crippen LogP contribution in [0.5, 0.6) is 0 Å². The highest BCUT2D eigenvalue weighted by atomic mass is 32.2. The second kappa shape index (κ2) is 8.95. The first kappa shape index (κ1) is 17.9. The second-order valence-corrected chi connectivity index (χ2v) is 6.49. The number of H-pyrrole nitrogens is 1. The number of benzene rings is 1. The van der Waals surface area contributed by atoms with Crippen LogP contribution in [-0.4, -0.2) is 37.2 Å². The number of carbonyl (C=O) groups is 1. The van der Waals surface area contributed by atoms with Crippen LogP contribution < -0.4 is 10.9 Å². The topological polar surface area (TPSA) is 106 Å². The first-order valence-electron chi connectivity index (χ1n) is 8.09. The molecule has 3 aromatic rings. The maximum Gasteiger partial charge on any atom is 0.263 e. The number of hydrogen-bond donors (Lipinski definition) is 2. The molecule has 3 rings (SSSR count). The predicted octanol–water partition coefficient (Wildman–Crippen LogP) is 1.47. The van der Waals surface area contributed by atoms with Crippen molar-refractivity contribution < 1.29 is 4.79 Å². The van der Waals surface area contributed by atoms with Gasteiger partial charge in [-0.2, -0.15) is 5.10 Å². The highest BCUT2D eigenvalue weighted by Crippen LogP contribution is 2.19. The van der Waals surface area contributed by atoms with Gasteiger partial charge in [0.25, 0.3) is 11.5 Å². The fourth-order valence-electron chi connectivity index (χ4n) is 2.22. The van der Waals surface area contributed by atoms with Crippen molar-refractivity contribution in [3.63, 3.8) is 0 Å². The minimum absolute atomic E-state index is 0.0132. The van der Waals surface area contributed by atoms with Gasteiger partial charge in [0, 0.05) is 24.2 Å². The Kier molecular flexibility index (Phi) is 6.15. The molecule has 134 valence electrons. The van der Waals surface area contributed by atoms with Crippen LogP contribution in [0.1, 0.15) is 22.6 Å². The average molecular weight is 370 g/mol. The summed E-state index contributed by atoms with van der Waals surface area (Å²) in [5, 5.41) is 6.69. The largest absolute Gasteiger partial charge is 0.352 e. The Bertz CT molecular complexity index is 895. The Balaban J connectivity index is 1.50. The van der Waals surface area contributed by atoms with Gasteiger partial charge in [-0.1, -0.05) is 18.2 Å². The van der Waals surface area contributed by atoms with Gasteiger partial charge in [-0.3, -0.25) is 14.3 Å². The third kappa shape index (κ3) is 5.03. The third-order valence-corrected chi connectivity index (χ3v) is 4.55. The highest BCUT2D eigenvalue weighted by molar-refractivity contribution is 7.98. The summed E-state index contributed by atoms with van der Waals surface area (Å²) in [6, 6.07) is 9.83. The number of aryl methyl sites for hydroxylation is 1. The van der Waals surface area contributed by atoms with E-state index in [1.807, 2.05) is 30.3 Å². The van der Waals surface area contributed by atoms with Crippen molar-refractivity contribution in [2.45, 2.75) is 23.6 Å². The standard InChI is InChI=1S/C17H18N6O2S/c24-16(19-7-4-8-23-12-18-11-21-23)14-9-20-15(22-17(14)25)10-26-13-5-2-1-3-6-13/h1-3,5-6,9,11-12H,4,7-8,10H2,(H,19,24)(H,20,22,25). The van der Waals surface area contributed by atoms with Crippen LogP contribution in [0.15, 0.2) is 58.9 Å². The molecule has 0 atom stereocenters. The lowest BCUT2D eigenvalue weighted by Crippen LogP contribution is -2.31. The summed E-state index contributed by atoms with van der Waals surface area (Å²) >= 11 is 1.57. The molecular formula is C17H18N6O2S.